The molecule has 1 aromatic rings. The van der Waals surface area contributed by atoms with E-state index in [1.807, 2.05) is 21.6 Å². The fourth-order valence-corrected chi connectivity index (χ4v) is 9.12. The highest BCUT2D eigenvalue weighted by atomic mass is 33.1. The highest BCUT2D eigenvalue weighted by Crippen LogP contribution is 2.61. The maximum absolute atomic E-state index is 11.0. The third-order valence-electron chi connectivity index (χ3n) is 9.37. The second kappa shape index (κ2) is 22.7. The van der Waals surface area contributed by atoms with Crippen LogP contribution in [0.2, 0.25) is 0 Å². The van der Waals surface area contributed by atoms with Crippen LogP contribution in [0.1, 0.15) is 115 Å². The zero-order valence-electron chi connectivity index (χ0n) is 29.5. The molecule has 2 fully saturated rings. The average molecular weight is 771 g/mol. The molecule has 3 aliphatic rings. The summed E-state index contributed by atoms with van der Waals surface area (Å²) < 4.78 is 108. The molecule has 4 rings (SSSR count). The zero-order chi connectivity index (χ0) is 38.0. The summed E-state index contributed by atoms with van der Waals surface area (Å²) in [4.78, 5) is 0. The Hall–Kier alpha value is -1.25. The molecule has 5 unspecified atom stereocenters. The summed E-state index contributed by atoms with van der Waals surface area (Å²) in [6.07, 6.45) is -3.14. The number of benzene rings is 1. The van der Waals surface area contributed by atoms with Gasteiger partial charge in [0.1, 0.15) is 12.2 Å². The number of ether oxygens (including phenoxy) is 2. The van der Waals surface area contributed by atoms with Gasteiger partial charge < -0.3 is 9.84 Å². The molecule has 0 radical (unpaired) electrons. The Kier molecular flexibility index (Phi) is 21.3. The summed E-state index contributed by atoms with van der Waals surface area (Å²) in [5, 5.41) is 10.6. The van der Waals surface area contributed by atoms with Crippen LogP contribution in [0.5, 0.6) is 5.75 Å². The number of hydrogen-bond acceptors (Lipinski definition) is 5. The largest absolute Gasteiger partial charge is 0.522 e. The minimum atomic E-state index is -5.14. The van der Waals surface area contributed by atoms with E-state index < -0.39 is 25.1 Å². The van der Waals surface area contributed by atoms with Crippen LogP contribution in [0, 0.1) is 17.3 Å². The zero-order valence-corrected chi connectivity index (χ0v) is 31.1. The van der Waals surface area contributed by atoms with Crippen molar-refractivity contribution in [3.63, 3.8) is 0 Å². The van der Waals surface area contributed by atoms with Crippen molar-refractivity contribution in [2.75, 3.05) is 24.7 Å². The second-order valence-electron chi connectivity index (χ2n) is 13.0. The van der Waals surface area contributed by atoms with E-state index in [2.05, 4.69) is 49.9 Å². The van der Waals surface area contributed by atoms with Gasteiger partial charge in [0.05, 0.1) is 19.3 Å². The van der Waals surface area contributed by atoms with Crippen molar-refractivity contribution in [2.45, 2.75) is 135 Å². The number of aryl methyl sites for hydroxylation is 1. The molecule has 0 aliphatic heterocycles. The van der Waals surface area contributed by atoms with Gasteiger partial charge in [0.15, 0.2) is 0 Å². The molecule has 14 heteroatoms. The van der Waals surface area contributed by atoms with E-state index in [4.69, 9.17) is 4.74 Å². The molecule has 0 spiro atoms. The number of hydrogen-bond donors (Lipinski definition) is 1. The van der Waals surface area contributed by atoms with Crippen molar-refractivity contribution in [2.24, 2.45) is 17.3 Å². The van der Waals surface area contributed by atoms with Gasteiger partial charge in [-0.15, -0.1) is 26.3 Å². The lowest BCUT2D eigenvalue weighted by Crippen LogP contribution is -2.43. The Bertz CT molecular complexity index is 1060. The fraction of sp³-hybridized carbons (Fsp3) is 0.778. The Morgan fingerprint density at radius 1 is 0.820 bits per heavy atom. The minimum absolute atomic E-state index is 0.0762. The van der Waals surface area contributed by atoms with Crippen LogP contribution in [-0.4, -0.2) is 54.6 Å². The Labute approximate surface area is 300 Å². The van der Waals surface area contributed by atoms with Crippen LogP contribution in [0.15, 0.2) is 31.4 Å². The SMILES string of the molecule is C=C.CCCCCCCSSCCOc1ccc2c(c1)CCC1C2CCC2(C)C(O)CCC12.CCCOC(F)(F)F.FC(F)(F)CC(F)(F)F. The lowest BCUT2D eigenvalue weighted by Gasteiger charge is -2.50. The van der Waals surface area contributed by atoms with Crippen molar-refractivity contribution in [3.8, 4) is 5.75 Å². The predicted molar refractivity (Wildman–Crippen MR) is 187 cm³/mol. The summed E-state index contributed by atoms with van der Waals surface area (Å²) in [5.74, 6) is 5.57. The van der Waals surface area contributed by atoms with Crippen molar-refractivity contribution in [3.05, 3.63) is 42.5 Å². The van der Waals surface area contributed by atoms with Gasteiger partial charge in [0.25, 0.3) is 0 Å². The maximum Gasteiger partial charge on any atom is 0.522 e. The van der Waals surface area contributed by atoms with Crippen LogP contribution < -0.4 is 4.74 Å². The molecule has 0 amide bonds. The van der Waals surface area contributed by atoms with Gasteiger partial charge in [-0.2, -0.15) is 26.3 Å². The molecule has 0 heterocycles. The number of aliphatic hydroxyl groups is 1. The van der Waals surface area contributed by atoms with Crippen LogP contribution in [0.25, 0.3) is 0 Å². The summed E-state index contributed by atoms with van der Waals surface area (Å²) >= 11 is 0. The molecule has 1 N–H and O–H groups in total. The summed E-state index contributed by atoms with van der Waals surface area (Å²) in [5.41, 5.74) is 3.28. The van der Waals surface area contributed by atoms with E-state index >= 15 is 0 Å². The van der Waals surface area contributed by atoms with Crippen LogP contribution in [0.3, 0.4) is 0 Å². The first-order valence-electron chi connectivity index (χ1n) is 17.4. The molecule has 3 nitrogen and oxygen atoms in total. The lowest BCUT2D eigenvalue weighted by molar-refractivity contribution is -0.324. The van der Waals surface area contributed by atoms with Crippen molar-refractivity contribution in [1.82, 2.24) is 0 Å². The summed E-state index contributed by atoms with van der Waals surface area (Å²) in [6.45, 7) is 12.8. The summed E-state index contributed by atoms with van der Waals surface area (Å²) in [6, 6.07) is 6.91. The van der Waals surface area contributed by atoms with Crippen LogP contribution >= 0.6 is 21.6 Å². The van der Waals surface area contributed by atoms with Crippen molar-refractivity contribution < 1.29 is 54.1 Å². The number of halogens is 9. The highest BCUT2D eigenvalue weighted by Gasteiger charge is 2.54. The van der Waals surface area contributed by atoms with Crippen LogP contribution in [0.4, 0.5) is 39.5 Å². The van der Waals surface area contributed by atoms with Gasteiger partial charge in [0.2, 0.25) is 0 Å². The number of aliphatic hydroxyl groups excluding tert-OH is 1. The maximum atomic E-state index is 11.0. The molecule has 0 bridgehead atoms. The first kappa shape index (κ1) is 46.8. The van der Waals surface area contributed by atoms with Gasteiger partial charge in [-0.05, 0) is 97.8 Å². The topological polar surface area (TPSA) is 38.7 Å². The number of unbranched alkanes of at least 4 members (excludes halogenated alkanes) is 4. The van der Waals surface area contributed by atoms with Crippen molar-refractivity contribution in [1.29, 1.82) is 0 Å². The smallest absolute Gasteiger partial charge is 0.493 e. The Morgan fingerprint density at radius 3 is 2.02 bits per heavy atom. The first-order chi connectivity index (χ1) is 23.4. The molecule has 292 valence electrons. The monoisotopic (exact) mass is 770 g/mol. The molecule has 1 aromatic carbocycles. The molecule has 0 saturated heterocycles. The third kappa shape index (κ3) is 17.5. The molecule has 3 aliphatic carbocycles. The van der Waals surface area contributed by atoms with Gasteiger partial charge in [-0.1, -0.05) is 74.1 Å². The Balaban J connectivity index is 0.000000543. The molecule has 0 aromatic heterocycles. The Morgan fingerprint density at radius 2 is 1.46 bits per heavy atom. The number of rotatable bonds is 13. The second-order valence-corrected chi connectivity index (χ2v) is 15.7. The number of alkyl halides is 9. The lowest BCUT2D eigenvalue weighted by atomic mass is 9.55. The van der Waals surface area contributed by atoms with Crippen molar-refractivity contribution >= 4 is 21.6 Å². The number of fused-ring (bicyclic) bond motifs is 5. The van der Waals surface area contributed by atoms with Gasteiger partial charge in [-0.25, -0.2) is 0 Å². The predicted octanol–water partition coefficient (Wildman–Crippen LogP) is 12.9. The third-order valence-corrected chi connectivity index (χ3v) is 11.8. The molecule has 2 saturated carbocycles. The van der Waals surface area contributed by atoms with Gasteiger partial charge >= 0.3 is 18.7 Å². The highest BCUT2D eigenvalue weighted by molar-refractivity contribution is 8.76. The quantitative estimate of drug-likeness (QED) is 0.0936. The van der Waals surface area contributed by atoms with E-state index in [1.54, 1.807) is 12.5 Å². The molecule has 50 heavy (non-hydrogen) atoms. The minimum Gasteiger partial charge on any atom is -0.493 e. The molecular weight excluding hydrogens is 716 g/mol. The summed E-state index contributed by atoms with van der Waals surface area (Å²) in [7, 11) is 3.97. The van der Waals surface area contributed by atoms with E-state index in [1.165, 1.54) is 75.5 Å². The van der Waals surface area contributed by atoms with E-state index in [0.717, 1.165) is 30.4 Å². The molecule has 5 atom stereocenters. The van der Waals surface area contributed by atoms with Gasteiger partial charge in [0, 0.05) is 11.5 Å². The van der Waals surface area contributed by atoms with E-state index in [9.17, 15) is 44.6 Å². The van der Waals surface area contributed by atoms with Crippen LogP contribution in [-0.2, 0) is 11.2 Å². The fourth-order valence-electron chi connectivity index (χ4n) is 7.14. The molecular formula is C36H55F9O3S2. The average Bonchev–Trinajstić information content (AvgIpc) is 3.34. The standard InChI is InChI=1S/C27H42O2S2.C4H7F3O.C3H2F6.C2H4/c1-3-4-5-6-7-17-30-31-18-16-29-21-9-11-22-20(19-21)8-10-24-23(22)14-15-27(2)25(24)12-13-26(27)28;1-2-3-8-4(5,6)7;4-2(5,6)1-3(7,8)9;1-2/h9,11,19,23-26,28H,3-8,10,12-18H2,1-2H3;2-3H2,1H3;1H2;1-2H2. The normalized spacial score (nSPS) is 24.2. The van der Waals surface area contributed by atoms with E-state index in [0.29, 0.717) is 18.3 Å². The van der Waals surface area contributed by atoms with Gasteiger partial charge in [-0.3, -0.25) is 4.74 Å². The first-order valence-corrected chi connectivity index (χ1v) is 19.9. The van der Waals surface area contributed by atoms with E-state index in [-0.39, 0.29) is 18.1 Å².